The van der Waals surface area contributed by atoms with Crippen molar-refractivity contribution in [2.24, 2.45) is 5.73 Å². The van der Waals surface area contributed by atoms with Gasteiger partial charge in [-0.1, -0.05) is 12.1 Å². The fourth-order valence-corrected chi connectivity index (χ4v) is 2.97. The minimum absolute atomic E-state index is 0.397. The number of nitrogens with two attached hydrogens (primary N) is 1. The van der Waals surface area contributed by atoms with Crippen LogP contribution >= 0.6 is 0 Å². The molecule has 3 aromatic rings. The van der Waals surface area contributed by atoms with Gasteiger partial charge in [-0.2, -0.15) is 0 Å². The molecule has 1 aromatic heterocycles. The van der Waals surface area contributed by atoms with Crippen molar-refractivity contribution in [1.82, 2.24) is 9.97 Å². The van der Waals surface area contributed by atoms with E-state index in [9.17, 15) is 4.79 Å². The third kappa shape index (κ3) is 3.18. The number of hydrogen-bond acceptors (Lipinski definition) is 5. The van der Waals surface area contributed by atoms with Crippen LogP contribution in [0.4, 0.5) is 11.5 Å². The van der Waals surface area contributed by atoms with Gasteiger partial charge in [0.1, 0.15) is 17.4 Å². The minimum Gasteiger partial charge on any atom is -0.496 e. The second kappa shape index (κ2) is 7.00. The molecule has 134 valence electrons. The zero-order valence-electron chi connectivity index (χ0n) is 15.4. The third-order valence-electron chi connectivity index (χ3n) is 4.51. The number of anilines is 2. The zero-order valence-corrected chi connectivity index (χ0v) is 15.4. The van der Waals surface area contributed by atoms with Gasteiger partial charge in [0.15, 0.2) is 0 Å². The number of aromatic nitrogens is 2. The number of nitrogens with zero attached hydrogens (tertiary/aromatic N) is 3. The number of hydrogen-bond donors (Lipinski definition) is 1. The first-order valence-electron chi connectivity index (χ1n) is 8.36. The molecule has 0 spiro atoms. The molecule has 2 N–H and O–H groups in total. The maximum atomic E-state index is 11.7. The first-order valence-corrected chi connectivity index (χ1v) is 8.36. The Bertz CT molecular complexity index is 971. The maximum absolute atomic E-state index is 11.7. The molecule has 0 radical (unpaired) electrons. The second-order valence-corrected chi connectivity index (χ2v) is 6.22. The van der Waals surface area contributed by atoms with Crippen LogP contribution in [-0.2, 0) is 4.79 Å². The summed E-state index contributed by atoms with van der Waals surface area (Å²) in [5, 5.41) is 0.959. The molecule has 1 heterocycles. The number of rotatable bonds is 5. The van der Waals surface area contributed by atoms with Crippen LogP contribution < -0.4 is 15.4 Å². The lowest BCUT2D eigenvalue weighted by molar-refractivity contribution is -0.119. The van der Waals surface area contributed by atoms with Crippen LogP contribution in [0.5, 0.6) is 5.75 Å². The van der Waals surface area contributed by atoms with Gasteiger partial charge in [-0.05, 0) is 44.2 Å². The summed E-state index contributed by atoms with van der Waals surface area (Å²) in [6.07, 6.45) is 0. The summed E-state index contributed by atoms with van der Waals surface area (Å²) in [6, 6.07) is 13.6. The number of primary amides is 1. The summed E-state index contributed by atoms with van der Waals surface area (Å²) >= 11 is 0. The Balaban J connectivity index is 2.13. The molecule has 3 rings (SSSR count). The first kappa shape index (κ1) is 17.7. The fraction of sp³-hybridized carbons (Fsp3) is 0.250. The predicted molar refractivity (Wildman–Crippen MR) is 103 cm³/mol. The Hall–Kier alpha value is -3.15. The Morgan fingerprint density at radius 1 is 1.19 bits per heavy atom. The standard InChI is InChI=1S/C20H22N4O2/c1-12(19(21)25)16-11-14(9-10-18(16)26-4)24(3)20-15-7-5-6-8-17(15)22-13(2)23-20/h5-12H,1-4H3,(H2,21,25). The van der Waals surface area contributed by atoms with E-state index in [1.165, 1.54) is 0 Å². The van der Waals surface area contributed by atoms with Gasteiger partial charge >= 0.3 is 0 Å². The van der Waals surface area contributed by atoms with Crippen LogP contribution in [0.1, 0.15) is 24.2 Å². The van der Waals surface area contributed by atoms with Crippen molar-refractivity contribution in [3.05, 3.63) is 53.9 Å². The summed E-state index contributed by atoms with van der Waals surface area (Å²) in [6.45, 7) is 3.65. The summed E-state index contributed by atoms with van der Waals surface area (Å²) in [4.78, 5) is 22.8. The van der Waals surface area contributed by atoms with E-state index in [1.54, 1.807) is 14.0 Å². The second-order valence-electron chi connectivity index (χ2n) is 6.22. The van der Waals surface area contributed by atoms with Gasteiger partial charge in [0.05, 0.1) is 18.5 Å². The van der Waals surface area contributed by atoms with E-state index >= 15 is 0 Å². The first-order chi connectivity index (χ1) is 12.4. The van der Waals surface area contributed by atoms with E-state index in [1.807, 2.05) is 61.3 Å². The predicted octanol–water partition coefficient (Wildman–Crippen LogP) is 3.30. The van der Waals surface area contributed by atoms with Gasteiger partial charge in [0.25, 0.3) is 0 Å². The Kier molecular flexibility index (Phi) is 4.75. The molecule has 0 aliphatic carbocycles. The van der Waals surface area contributed by atoms with Crippen molar-refractivity contribution in [2.75, 3.05) is 19.1 Å². The molecule has 2 aromatic carbocycles. The number of aryl methyl sites for hydroxylation is 1. The Morgan fingerprint density at radius 3 is 2.62 bits per heavy atom. The normalized spacial score (nSPS) is 12.0. The van der Waals surface area contributed by atoms with Crippen molar-refractivity contribution >= 4 is 28.3 Å². The smallest absolute Gasteiger partial charge is 0.224 e. The lowest BCUT2D eigenvalue weighted by Crippen LogP contribution is -2.20. The van der Waals surface area contributed by atoms with E-state index < -0.39 is 11.8 Å². The molecule has 6 heteroatoms. The van der Waals surface area contributed by atoms with Gasteiger partial charge in [-0.3, -0.25) is 4.79 Å². The van der Waals surface area contributed by atoms with E-state index in [-0.39, 0.29) is 0 Å². The average molecular weight is 350 g/mol. The number of para-hydroxylation sites is 1. The van der Waals surface area contributed by atoms with E-state index in [4.69, 9.17) is 10.5 Å². The molecule has 1 amide bonds. The molecule has 0 bridgehead atoms. The van der Waals surface area contributed by atoms with Gasteiger partial charge in [0, 0.05) is 23.7 Å². The monoisotopic (exact) mass is 350 g/mol. The number of benzene rings is 2. The number of ether oxygens (including phenoxy) is 1. The van der Waals surface area contributed by atoms with Gasteiger partial charge in [-0.25, -0.2) is 9.97 Å². The number of carbonyl (C=O) groups is 1. The molecule has 0 saturated heterocycles. The van der Waals surface area contributed by atoms with Crippen LogP contribution in [-0.4, -0.2) is 30.0 Å². The molecule has 0 saturated carbocycles. The quantitative estimate of drug-likeness (QED) is 0.763. The maximum Gasteiger partial charge on any atom is 0.224 e. The summed E-state index contributed by atoms with van der Waals surface area (Å²) in [5.41, 5.74) is 8.02. The largest absolute Gasteiger partial charge is 0.496 e. The lowest BCUT2D eigenvalue weighted by Gasteiger charge is -2.23. The van der Waals surface area contributed by atoms with Gasteiger partial charge in [0.2, 0.25) is 5.91 Å². The molecule has 0 fully saturated rings. The van der Waals surface area contributed by atoms with Crippen molar-refractivity contribution in [1.29, 1.82) is 0 Å². The SMILES string of the molecule is COc1ccc(N(C)c2nc(C)nc3ccccc23)cc1C(C)C(N)=O. The molecular weight excluding hydrogens is 328 g/mol. The highest BCUT2D eigenvalue weighted by atomic mass is 16.5. The fourth-order valence-electron chi connectivity index (χ4n) is 2.97. The molecule has 0 aliphatic heterocycles. The third-order valence-corrected chi connectivity index (χ3v) is 4.51. The van der Waals surface area contributed by atoms with E-state index in [0.717, 1.165) is 28.0 Å². The van der Waals surface area contributed by atoms with Crippen LogP contribution in [0.15, 0.2) is 42.5 Å². The molecular formula is C20H22N4O2. The van der Waals surface area contributed by atoms with Crippen LogP contribution in [0.3, 0.4) is 0 Å². The van der Waals surface area contributed by atoms with Crippen molar-refractivity contribution in [3.8, 4) is 5.75 Å². The summed E-state index contributed by atoms with van der Waals surface area (Å²) in [7, 11) is 3.52. The van der Waals surface area contributed by atoms with E-state index in [2.05, 4.69) is 9.97 Å². The Morgan fingerprint density at radius 2 is 1.92 bits per heavy atom. The number of amides is 1. The van der Waals surface area contributed by atoms with Gasteiger partial charge < -0.3 is 15.4 Å². The number of methoxy groups -OCH3 is 1. The Labute approximate surface area is 152 Å². The highest BCUT2D eigenvalue weighted by molar-refractivity contribution is 5.91. The summed E-state index contributed by atoms with van der Waals surface area (Å²) < 4.78 is 5.39. The highest BCUT2D eigenvalue weighted by Crippen LogP contribution is 2.34. The zero-order chi connectivity index (χ0) is 18.8. The number of fused-ring (bicyclic) bond motifs is 1. The number of carbonyl (C=O) groups excluding carboxylic acids is 1. The van der Waals surface area contributed by atoms with Crippen molar-refractivity contribution in [3.63, 3.8) is 0 Å². The topological polar surface area (TPSA) is 81.3 Å². The average Bonchev–Trinajstić information content (AvgIpc) is 2.65. The lowest BCUT2D eigenvalue weighted by atomic mass is 9.98. The van der Waals surface area contributed by atoms with Crippen LogP contribution in [0.2, 0.25) is 0 Å². The minimum atomic E-state index is -0.456. The molecule has 1 atom stereocenters. The van der Waals surface area contributed by atoms with E-state index in [0.29, 0.717) is 11.6 Å². The van der Waals surface area contributed by atoms with Crippen LogP contribution in [0, 0.1) is 6.92 Å². The highest BCUT2D eigenvalue weighted by Gasteiger charge is 2.19. The van der Waals surface area contributed by atoms with Crippen molar-refractivity contribution in [2.45, 2.75) is 19.8 Å². The molecule has 26 heavy (non-hydrogen) atoms. The molecule has 1 unspecified atom stereocenters. The summed E-state index contributed by atoms with van der Waals surface area (Å²) in [5.74, 6) is 1.28. The van der Waals surface area contributed by atoms with Crippen LogP contribution in [0.25, 0.3) is 10.9 Å². The molecule has 0 aliphatic rings. The van der Waals surface area contributed by atoms with Gasteiger partial charge in [-0.15, -0.1) is 0 Å². The molecule has 6 nitrogen and oxygen atoms in total. The van der Waals surface area contributed by atoms with Crippen molar-refractivity contribution < 1.29 is 9.53 Å².